The average molecular weight is 293 g/mol. The Morgan fingerprint density at radius 2 is 2.05 bits per heavy atom. The van der Waals surface area contributed by atoms with Crippen LogP contribution in [0.3, 0.4) is 0 Å². The number of aromatic nitrogens is 2. The molecule has 0 N–H and O–H groups in total. The predicted molar refractivity (Wildman–Crippen MR) is 80.3 cm³/mol. The highest BCUT2D eigenvalue weighted by atomic mass is 16.5. The Bertz CT molecular complexity index is 432. The van der Waals surface area contributed by atoms with Crippen LogP contribution < -0.4 is 0 Å². The van der Waals surface area contributed by atoms with Crippen LogP contribution >= 0.6 is 0 Å². The highest BCUT2D eigenvalue weighted by molar-refractivity contribution is 4.98. The lowest BCUT2D eigenvalue weighted by atomic mass is 9.96. The summed E-state index contributed by atoms with van der Waals surface area (Å²) in [5, 5.41) is 4.08. The highest BCUT2D eigenvalue weighted by Crippen LogP contribution is 2.28. The molecular weight excluding hydrogens is 266 g/mol. The van der Waals surface area contributed by atoms with E-state index in [1.807, 2.05) is 0 Å². The van der Waals surface area contributed by atoms with Gasteiger partial charge in [0.15, 0.2) is 5.82 Å². The zero-order valence-electron chi connectivity index (χ0n) is 13.3. The molecule has 0 aliphatic carbocycles. The van der Waals surface area contributed by atoms with Crippen molar-refractivity contribution in [2.45, 2.75) is 51.4 Å². The van der Waals surface area contributed by atoms with Crippen molar-refractivity contribution in [1.29, 1.82) is 0 Å². The van der Waals surface area contributed by atoms with Crippen LogP contribution in [-0.4, -0.2) is 47.9 Å². The summed E-state index contributed by atoms with van der Waals surface area (Å²) >= 11 is 0. The number of likely N-dealkylation sites (tertiary alicyclic amines) is 1. The van der Waals surface area contributed by atoms with E-state index in [9.17, 15) is 0 Å². The van der Waals surface area contributed by atoms with E-state index in [-0.39, 0.29) is 0 Å². The number of ether oxygens (including phenoxy) is 1. The van der Waals surface area contributed by atoms with Crippen molar-refractivity contribution >= 4 is 0 Å². The molecule has 5 heteroatoms. The molecule has 21 heavy (non-hydrogen) atoms. The molecule has 1 atom stereocenters. The van der Waals surface area contributed by atoms with Gasteiger partial charge in [0, 0.05) is 25.0 Å². The molecule has 0 aromatic carbocycles. The summed E-state index contributed by atoms with van der Waals surface area (Å²) in [6.45, 7) is 9.64. The molecule has 118 valence electrons. The quantitative estimate of drug-likeness (QED) is 0.835. The molecule has 0 unspecified atom stereocenters. The third kappa shape index (κ3) is 3.83. The molecule has 3 heterocycles. The summed E-state index contributed by atoms with van der Waals surface area (Å²) < 4.78 is 10.9. The second-order valence-corrected chi connectivity index (χ2v) is 6.78. The Morgan fingerprint density at radius 1 is 1.24 bits per heavy atom. The zero-order chi connectivity index (χ0) is 14.7. The molecule has 2 fully saturated rings. The lowest BCUT2D eigenvalue weighted by Crippen LogP contribution is -2.34. The highest BCUT2D eigenvalue weighted by Gasteiger charge is 2.26. The zero-order valence-corrected chi connectivity index (χ0v) is 13.3. The first-order valence-electron chi connectivity index (χ1n) is 8.36. The van der Waals surface area contributed by atoms with E-state index in [1.54, 1.807) is 0 Å². The Morgan fingerprint density at radius 3 is 2.67 bits per heavy atom. The number of hydrogen-bond donors (Lipinski definition) is 0. The van der Waals surface area contributed by atoms with E-state index >= 15 is 0 Å². The van der Waals surface area contributed by atoms with E-state index in [0.717, 1.165) is 56.8 Å². The summed E-state index contributed by atoms with van der Waals surface area (Å²) in [5.41, 5.74) is 0. The molecule has 0 saturated carbocycles. The molecule has 0 bridgehead atoms. The van der Waals surface area contributed by atoms with Gasteiger partial charge in [-0.1, -0.05) is 19.0 Å². The van der Waals surface area contributed by atoms with Gasteiger partial charge in [-0.3, -0.25) is 0 Å². The molecule has 0 spiro atoms. The van der Waals surface area contributed by atoms with Gasteiger partial charge in [-0.2, -0.15) is 4.98 Å². The van der Waals surface area contributed by atoms with E-state index < -0.39 is 0 Å². The fraction of sp³-hybridized carbons (Fsp3) is 0.875. The van der Waals surface area contributed by atoms with Crippen molar-refractivity contribution in [1.82, 2.24) is 15.0 Å². The van der Waals surface area contributed by atoms with Gasteiger partial charge in [0.05, 0.1) is 0 Å². The van der Waals surface area contributed by atoms with Crippen molar-refractivity contribution in [3.8, 4) is 0 Å². The maximum atomic E-state index is 5.45. The van der Waals surface area contributed by atoms with Gasteiger partial charge in [-0.15, -0.1) is 0 Å². The van der Waals surface area contributed by atoms with Gasteiger partial charge in [0.25, 0.3) is 0 Å². The van der Waals surface area contributed by atoms with Crippen LogP contribution in [0.2, 0.25) is 0 Å². The number of rotatable bonds is 5. The smallest absolute Gasteiger partial charge is 0.229 e. The summed E-state index contributed by atoms with van der Waals surface area (Å²) in [5.74, 6) is 3.27. The van der Waals surface area contributed by atoms with Crippen molar-refractivity contribution in [2.75, 3.05) is 32.8 Å². The molecule has 0 amide bonds. The Balaban J connectivity index is 1.43. The summed E-state index contributed by atoms with van der Waals surface area (Å²) in [4.78, 5) is 7.13. The lowest BCUT2D eigenvalue weighted by Gasteiger charge is -2.30. The maximum absolute atomic E-state index is 5.45. The van der Waals surface area contributed by atoms with Gasteiger partial charge < -0.3 is 14.2 Å². The van der Waals surface area contributed by atoms with Crippen LogP contribution in [0.25, 0.3) is 0 Å². The summed E-state index contributed by atoms with van der Waals surface area (Å²) in [6, 6.07) is 0. The van der Waals surface area contributed by atoms with E-state index in [2.05, 4.69) is 28.9 Å². The van der Waals surface area contributed by atoms with Crippen molar-refractivity contribution in [3.05, 3.63) is 11.7 Å². The topological polar surface area (TPSA) is 51.4 Å². The third-order valence-corrected chi connectivity index (χ3v) is 4.79. The number of nitrogens with zero attached hydrogens (tertiary/aromatic N) is 3. The van der Waals surface area contributed by atoms with E-state index in [0.29, 0.717) is 11.8 Å². The molecular formula is C16H27N3O2. The van der Waals surface area contributed by atoms with Crippen molar-refractivity contribution in [3.63, 3.8) is 0 Å². The van der Waals surface area contributed by atoms with Gasteiger partial charge >= 0.3 is 0 Å². The van der Waals surface area contributed by atoms with Crippen LogP contribution in [0.15, 0.2) is 4.52 Å². The molecule has 2 aliphatic heterocycles. The third-order valence-electron chi connectivity index (χ3n) is 4.79. The SMILES string of the molecule is CC(C)c1noc(C2CCN(CC[C@H]3CCOC3)CC2)n1. The Labute approximate surface area is 127 Å². The van der Waals surface area contributed by atoms with E-state index in [4.69, 9.17) is 9.26 Å². The first-order chi connectivity index (χ1) is 10.2. The largest absolute Gasteiger partial charge is 0.381 e. The molecule has 0 radical (unpaired) electrons. The Kier molecular flexibility index (Phi) is 4.91. The van der Waals surface area contributed by atoms with Crippen molar-refractivity contribution < 1.29 is 9.26 Å². The van der Waals surface area contributed by atoms with Gasteiger partial charge in [0.1, 0.15) is 0 Å². The van der Waals surface area contributed by atoms with E-state index in [1.165, 1.54) is 19.4 Å². The summed E-state index contributed by atoms with van der Waals surface area (Å²) in [7, 11) is 0. The molecule has 2 saturated heterocycles. The lowest BCUT2D eigenvalue weighted by molar-refractivity contribution is 0.165. The fourth-order valence-electron chi connectivity index (χ4n) is 3.23. The first-order valence-corrected chi connectivity index (χ1v) is 8.36. The predicted octanol–water partition coefficient (Wildman–Crippen LogP) is 2.80. The molecule has 1 aromatic rings. The van der Waals surface area contributed by atoms with Crippen LogP contribution in [0.4, 0.5) is 0 Å². The Hall–Kier alpha value is -0.940. The minimum atomic E-state index is 0.344. The normalized spacial score (nSPS) is 25.0. The molecule has 3 rings (SSSR count). The minimum absolute atomic E-state index is 0.344. The number of hydrogen-bond acceptors (Lipinski definition) is 5. The van der Waals surface area contributed by atoms with Crippen molar-refractivity contribution in [2.24, 2.45) is 5.92 Å². The monoisotopic (exact) mass is 293 g/mol. The van der Waals surface area contributed by atoms with Crippen LogP contribution in [0.5, 0.6) is 0 Å². The second kappa shape index (κ2) is 6.88. The minimum Gasteiger partial charge on any atom is -0.381 e. The maximum Gasteiger partial charge on any atom is 0.229 e. The first kappa shape index (κ1) is 15.0. The average Bonchev–Trinajstić information content (AvgIpc) is 3.17. The molecule has 2 aliphatic rings. The van der Waals surface area contributed by atoms with Gasteiger partial charge in [-0.05, 0) is 51.2 Å². The van der Waals surface area contributed by atoms with Gasteiger partial charge in [-0.25, -0.2) is 0 Å². The summed E-state index contributed by atoms with van der Waals surface area (Å²) in [6.07, 6.45) is 4.81. The van der Waals surface area contributed by atoms with Crippen LogP contribution in [-0.2, 0) is 4.74 Å². The number of piperidine rings is 1. The van der Waals surface area contributed by atoms with Gasteiger partial charge in [0.2, 0.25) is 5.89 Å². The van der Waals surface area contributed by atoms with Crippen LogP contribution in [0.1, 0.15) is 63.1 Å². The standard InChI is InChI=1S/C16H27N3O2/c1-12(2)15-17-16(21-18-15)14-4-8-19(9-5-14)7-3-13-6-10-20-11-13/h12-14H,3-11H2,1-2H3/t13-/m0/s1. The fourth-order valence-corrected chi connectivity index (χ4v) is 3.23. The van der Waals surface area contributed by atoms with Crippen LogP contribution in [0, 0.1) is 5.92 Å². The second-order valence-electron chi connectivity index (χ2n) is 6.78. The molecule has 1 aromatic heterocycles. The molecule has 5 nitrogen and oxygen atoms in total.